The van der Waals surface area contributed by atoms with Crippen LogP contribution in [0.5, 0.6) is 11.5 Å². The number of phenols is 1. The van der Waals surface area contributed by atoms with Gasteiger partial charge in [0.2, 0.25) is 11.8 Å². The number of ether oxygens (including phenoxy) is 1. The highest BCUT2D eigenvalue weighted by atomic mass is 16.5. The molecule has 0 atom stereocenters. The van der Waals surface area contributed by atoms with Gasteiger partial charge in [0.05, 0.1) is 13.3 Å². The first kappa shape index (κ1) is 20.7. The van der Waals surface area contributed by atoms with E-state index < -0.39 is 11.8 Å². The molecule has 0 aliphatic heterocycles. The van der Waals surface area contributed by atoms with Crippen LogP contribution in [0.3, 0.4) is 0 Å². The van der Waals surface area contributed by atoms with E-state index in [0.717, 1.165) is 5.56 Å². The van der Waals surface area contributed by atoms with Crippen LogP contribution in [-0.4, -0.2) is 30.2 Å². The van der Waals surface area contributed by atoms with Gasteiger partial charge in [-0.3, -0.25) is 9.59 Å². The van der Waals surface area contributed by atoms with Gasteiger partial charge in [-0.1, -0.05) is 24.3 Å². The van der Waals surface area contributed by atoms with Gasteiger partial charge in [-0.15, -0.1) is 6.58 Å². The van der Waals surface area contributed by atoms with E-state index in [1.54, 1.807) is 30.3 Å². The third-order valence-corrected chi connectivity index (χ3v) is 3.90. The second-order valence-corrected chi connectivity index (χ2v) is 6.06. The molecule has 28 heavy (non-hydrogen) atoms. The highest BCUT2D eigenvalue weighted by Crippen LogP contribution is 2.31. The van der Waals surface area contributed by atoms with Crippen molar-refractivity contribution in [3.8, 4) is 11.5 Å². The maximum atomic E-state index is 12.0. The molecule has 7 heteroatoms. The van der Waals surface area contributed by atoms with E-state index in [1.807, 2.05) is 19.1 Å². The molecular formula is C21H23N3O4. The summed E-state index contributed by atoms with van der Waals surface area (Å²) >= 11 is 0. The number of amides is 2. The zero-order valence-corrected chi connectivity index (χ0v) is 15.9. The van der Waals surface area contributed by atoms with Crippen LogP contribution in [0.2, 0.25) is 0 Å². The van der Waals surface area contributed by atoms with E-state index >= 15 is 0 Å². The number of allylic oxidation sites excluding steroid dienone is 1. The van der Waals surface area contributed by atoms with Crippen LogP contribution >= 0.6 is 0 Å². The highest BCUT2D eigenvalue weighted by Gasteiger charge is 2.11. The Morgan fingerprint density at radius 3 is 2.68 bits per heavy atom. The fourth-order valence-corrected chi connectivity index (χ4v) is 2.50. The zero-order valence-electron chi connectivity index (χ0n) is 15.9. The molecule has 0 saturated carbocycles. The minimum Gasteiger partial charge on any atom is -0.504 e. The minimum atomic E-state index is -0.542. The molecule has 0 aliphatic carbocycles. The lowest BCUT2D eigenvalue weighted by atomic mass is 10.1. The van der Waals surface area contributed by atoms with Gasteiger partial charge in [0, 0.05) is 11.3 Å². The molecule has 3 N–H and O–H groups in total. The van der Waals surface area contributed by atoms with E-state index in [4.69, 9.17) is 4.74 Å². The van der Waals surface area contributed by atoms with Crippen molar-refractivity contribution in [2.75, 3.05) is 12.4 Å². The van der Waals surface area contributed by atoms with Crippen molar-refractivity contribution in [1.29, 1.82) is 0 Å². The Kier molecular flexibility index (Phi) is 7.33. The first-order chi connectivity index (χ1) is 13.4. The number of hydrazone groups is 1. The number of aryl methyl sites for hydroxylation is 1. The molecule has 0 aromatic heterocycles. The number of benzene rings is 2. The number of hydrogen-bond acceptors (Lipinski definition) is 5. The van der Waals surface area contributed by atoms with Crippen LogP contribution in [0, 0.1) is 6.92 Å². The lowest BCUT2D eigenvalue weighted by Crippen LogP contribution is -2.24. The number of nitrogens with zero attached hydrogens (tertiary/aromatic N) is 1. The quantitative estimate of drug-likeness (QED) is 0.283. The monoisotopic (exact) mass is 381 g/mol. The van der Waals surface area contributed by atoms with E-state index in [-0.39, 0.29) is 12.2 Å². The largest absolute Gasteiger partial charge is 0.504 e. The number of para-hydroxylation sites is 1. The normalized spacial score (nSPS) is 10.5. The molecular weight excluding hydrogens is 358 g/mol. The van der Waals surface area contributed by atoms with Crippen LogP contribution in [0.1, 0.15) is 23.1 Å². The molecule has 0 heterocycles. The first-order valence-electron chi connectivity index (χ1n) is 8.62. The molecule has 0 unspecified atom stereocenters. The minimum absolute atomic E-state index is 0.0384. The van der Waals surface area contributed by atoms with E-state index in [1.165, 1.54) is 13.3 Å². The number of phenolic OH excluding ortho intramolecular Hbond substituents is 1. The standard InChI is InChI=1S/C21H23N3O4/c1-4-7-16-10-15(11-18(28-3)21(16)27)13-22-24-20(26)12-19(25)23-17-9-6-5-8-14(17)2/h4-6,8-11,13,27H,1,7,12H2,2-3H3,(H,23,25)(H,24,26). The maximum absolute atomic E-state index is 12.0. The zero-order chi connectivity index (χ0) is 20.5. The molecule has 146 valence electrons. The molecule has 0 radical (unpaired) electrons. The van der Waals surface area contributed by atoms with E-state index in [0.29, 0.717) is 29.0 Å². The summed E-state index contributed by atoms with van der Waals surface area (Å²) in [5, 5.41) is 16.6. The predicted molar refractivity (Wildman–Crippen MR) is 109 cm³/mol. The number of carbonyl (C=O) groups excluding carboxylic acids is 2. The Hall–Kier alpha value is -3.61. The number of rotatable bonds is 8. The van der Waals surface area contributed by atoms with E-state index in [2.05, 4.69) is 22.4 Å². The molecule has 2 aromatic rings. The Morgan fingerprint density at radius 1 is 1.25 bits per heavy atom. The SMILES string of the molecule is C=CCc1cc(C=NNC(=O)CC(=O)Nc2ccccc2C)cc(OC)c1O. The molecule has 0 spiro atoms. The second kappa shape index (κ2) is 9.91. The molecule has 2 rings (SSSR count). The molecule has 0 aliphatic rings. The molecule has 0 fully saturated rings. The van der Waals surface area contributed by atoms with Crippen LogP contribution in [-0.2, 0) is 16.0 Å². The van der Waals surface area contributed by atoms with Crippen molar-refractivity contribution >= 4 is 23.7 Å². The molecule has 7 nitrogen and oxygen atoms in total. The fraction of sp³-hybridized carbons (Fsp3) is 0.190. The van der Waals surface area contributed by atoms with Gasteiger partial charge in [0.25, 0.3) is 0 Å². The summed E-state index contributed by atoms with van der Waals surface area (Å²) in [4.78, 5) is 23.9. The van der Waals surface area contributed by atoms with Crippen LogP contribution < -0.4 is 15.5 Å². The topological polar surface area (TPSA) is 100 Å². The van der Waals surface area contributed by atoms with Crippen molar-refractivity contribution in [3.63, 3.8) is 0 Å². The lowest BCUT2D eigenvalue weighted by Gasteiger charge is -2.09. The smallest absolute Gasteiger partial charge is 0.249 e. The van der Waals surface area contributed by atoms with E-state index in [9.17, 15) is 14.7 Å². The number of carbonyl (C=O) groups is 2. The Labute approximate surface area is 163 Å². The second-order valence-electron chi connectivity index (χ2n) is 6.06. The van der Waals surface area contributed by atoms with Gasteiger partial charge in [-0.2, -0.15) is 5.10 Å². The summed E-state index contributed by atoms with van der Waals surface area (Å²) in [6, 6.07) is 10.6. The summed E-state index contributed by atoms with van der Waals surface area (Å²) in [5.74, 6) is -0.637. The predicted octanol–water partition coefficient (Wildman–Crippen LogP) is 2.92. The number of hydrogen-bond donors (Lipinski definition) is 3. The Morgan fingerprint density at radius 2 is 2.00 bits per heavy atom. The summed E-state index contributed by atoms with van der Waals surface area (Å²) in [7, 11) is 1.45. The first-order valence-corrected chi connectivity index (χ1v) is 8.62. The average Bonchev–Trinajstić information content (AvgIpc) is 2.66. The average molecular weight is 381 g/mol. The van der Waals surface area contributed by atoms with Crippen molar-refractivity contribution in [3.05, 3.63) is 65.7 Å². The van der Waals surface area contributed by atoms with Gasteiger partial charge >= 0.3 is 0 Å². The molecule has 2 amide bonds. The van der Waals surface area contributed by atoms with Gasteiger partial charge < -0.3 is 15.2 Å². The Balaban J connectivity index is 1.95. The van der Waals surface area contributed by atoms with Gasteiger partial charge in [0.15, 0.2) is 11.5 Å². The third kappa shape index (κ3) is 5.70. The summed E-state index contributed by atoms with van der Waals surface area (Å²) in [5.41, 5.74) is 5.13. The van der Waals surface area contributed by atoms with Crippen molar-refractivity contribution in [2.24, 2.45) is 5.10 Å². The maximum Gasteiger partial charge on any atom is 0.249 e. The van der Waals surface area contributed by atoms with Crippen LogP contribution in [0.4, 0.5) is 5.69 Å². The van der Waals surface area contributed by atoms with Crippen molar-refractivity contribution < 1.29 is 19.4 Å². The number of methoxy groups -OCH3 is 1. The highest BCUT2D eigenvalue weighted by molar-refractivity contribution is 6.04. The van der Waals surface area contributed by atoms with Gasteiger partial charge in [-0.25, -0.2) is 5.43 Å². The summed E-state index contributed by atoms with van der Waals surface area (Å²) < 4.78 is 5.13. The number of nitrogens with one attached hydrogen (secondary N) is 2. The van der Waals surface area contributed by atoms with Crippen molar-refractivity contribution in [1.82, 2.24) is 5.43 Å². The molecule has 0 saturated heterocycles. The molecule has 2 aromatic carbocycles. The van der Waals surface area contributed by atoms with Gasteiger partial charge in [0.1, 0.15) is 6.42 Å². The Bertz CT molecular complexity index is 907. The summed E-state index contributed by atoms with van der Waals surface area (Å²) in [6.07, 6.45) is 3.16. The number of anilines is 1. The fourth-order valence-electron chi connectivity index (χ4n) is 2.50. The molecule has 0 bridgehead atoms. The third-order valence-electron chi connectivity index (χ3n) is 3.90. The lowest BCUT2D eigenvalue weighted by molar-refractivity contribution is -0.126. The van der Waals surface area contributed by atoms with Crippen LogP contribution in [0.25, 0.3) is 0 Å². The summed E-state index contributed by atoms with van der Waals surface area (Å²) in [6.45, 7) is 5.52. The number of aromatic hydroxyl groups is 1. The van der Waals surface area contributed by atoms with Gasteiger partial charge in [-0.05, 0) is 42.7 Å². The van der Waals surface area contributed by atoms with Crippen LogP contribution in [0.15, 0.2) is 54.2 Å². The van der Waals surface area contributed by atoms with Crippen molar-refractivity contribution in [2.45, 2.75) is 19.8 Å².